The molecule has 23 heavy (non-hydrogen) atoms. The second-order valence-electron chi connectivity index (χ2n) is 6.13. The Morgan fingerprint density at radius 1 is 0.696 bits per heavy atom. The largest absolute Gasteiger partial charge is 0.508 e. The van der Waals surface area contributed by atoms with Crippen molar-refractivity contribution < 1.29 is 5.11 Å². The normalized spacial score (nSPS) is 11.2. The predicted octanol–water partition coefficient (Wildman–Crippen LogP) is 5.60. The third kappa shape index (κ3) is 2.55. The lowest BCUT2D eigenvalue weighted by molar-refractivity contribution is 0.474. The van der Waals surface area contributed by atoms with Crippen LogP contribution in [0.4, 0.5) is 0 Å². The Bertz CT molecular complexity index is 1010. The molecule has 1 N–H and O–H groups in total. The average molecular weight is 298 g/mol. The third-order valence-electron chi connectivity index (χ3n) is 4.54. The molecule has 112 valence electrons. The highest BCUT2D eigenvalue weighted by atomic mass is 16.3. The van der Waals surface area contributed by atoms with Gasteiger partial charge < -0.3 is 5.11 Å². The van der Waals surface area contributed by atoms with Crippen LogP contribution in [-0.2, 0) is 6.42 Å². The van der Waals surface area contributed by atoms with Crippen molar-refractivity contribution >= 4 is 21.5 Å². The van der Waals surface area contributed by atoms with Gasteiger partial charge in [-0.2, -0.15) is 0 Å². The zero-order chi connectivity index (χ0) is 15.8. The van der Waals surface area contributed by atoms with E-state index in [1.165, 1.54) is 32.7 Å². The van der Waals surface area contributed by atoms with Gasteiger partial charge in [-0.15, -0.1) is 0 Å². The Balaban J connectivity index is 1.87. The summed E-state index contributed by atoms with van der Waals surface area (Å²) < 4.78 is 0. The fraction of sp³-hybridized carbons (Fsp3) is 0.0909. The van der Waals surface area contributed by atoms with Crippen molar-refractivity contribution in [2.24, 2.45) is 0 Å². The van der Waals surface area contributed by atoms with E-state index in [4.69, 9.17) is 0 Å². The molecule has 0 atom stereocenters. The second kappa shape index (κ2) is 5.44. The Kier molecular flexibility index (Phi) is 3.27. The average Bonchev–Trinajstić information content (AvgIpc) is 2.56. The van der Waals surface area contributed by atoms with Gasteiger partial charge in [0, 0.05) is 0 Å². The van der Waals surface area contributed by atoms with Crippen molar-refractivity contribution in [3.8, 4) is 5.75 Å². The van der Waals surface area contributed by atoms with Crippen LogP contribution >= 0.6 is 0 Å². The van der Waals surface area contributed by atoms with Gasteiger partial charge in [-0.25, -0.2) is 0 Å². The van der Waals surface area contributed by atoms with Gasteiger partial charge in [0.05, 0.1) is 0 Å². The maximum atomic E-state index is 9.59. The minimum absolute atomic E-state index is 0.329. The molecule has 0 saturated carbocycles. The van der Waals surface area contributed by atoms with Crippen LogP contribution in [0.1, 0.15) is 16.7 Å². The molecule has 4 aromatic rings. The van der Waals surface area contributed by atoms with E-state index in [2.05, 4.69) is 61.5 Å². The Labute approximate surface area is 135 Å². The van der Waals surface area contributed by atoms with Gasteiger partial charge in [-0.1, -0.05) is 48.5 Å². The van der Waals surface area contributed by atoms with Crippen molar-refractivity contribution in [1.82, 2.24) is 0 Å². The molecule has 0 bridgehead atoms. The van der Waals surface area contributed by atoms with Gasteiger partial charge in [0.25, 0.3) is 0 Å². The molecule has 4 aromatic carbocycles. The molecule has 0 aromatic heterocycles. The van der Waals surface area contributed by atoms with Crippen LogP contribution < -0.4 is 0 Å². The first-order valence-electron chi connectivity index (χ1n) is 7.89. The highest BCUT2D eigenvalue weighted by Crippen LogP contribution is 2.28. The maximum absolute atomic E-state index is 9.59. The summed E-state index contributed by atoms with van der Waals surface area (Å²) in [4.78, 5) is 0. The number of aromatic hydroxyl groups is 1. The zero-order valence-corrected chi connectivity index (χ0v) is 13.1. The van der Waals surface area contributed by atoms with Crippen LogP contribution in [0.5, 0.6) is 5.75 Å². The molecule has 0 spiro atoms. The minimum atomic E-state index is 0.329. The minimum Gasteiger partial charge on any atom is -0.508 e. The summed E-state index contributed by atoms with van der Waals surface area (Å²) in [5.41, 5.74) is 3.70. The number of rotatable bonds is 2. The summed E-state index contributed by atoms with van der Waals surface area (Å²) in [5, 5.41) is 14.7. The van der Waals surface area contributed by atoms with E-state index in [1.54, 1.807) is 6.07 Å². The van der Waals surface area contributed by atoms with Crippen LogP contribution in [0.15, 0.2) is 72.8 Å². The van der Waals surface area contributed by atoms with Crippen molar-refractivity contribution in [3.05, 3.63) is 89.5 Å². The quantitative estimate of drug-likeness (QED) is 0.478. The molecule has 1 heteroatoms. The smallest absolute Gasteiger partial charge is 0.115 e. The zero-order valence-electron chi connectivity index (χ0n) is 13.1. The van der Waals surface area contributed by atoms with Gasteiger partial charge in [-0.3, -0.25) is 0 Å². The summed E-state index contributed by atoms with van der Waals surface area (Å²) in [5.74, 6) is 0.329. The fourth-order valence-corrected chi connectivity index (χ4v) is 3.27. The fourth-order valence-electron chi connectivity index (χ4n) is 3.27. The summed E-state index contributed by atoms with van der Waals surface area (Å²) >= 11 is 0. The third-order valence-corrected chi connectivity index (χ3v) is 4.54. The Morgan fingerprint density at radius 2 is 1.43 bits per heavy atom. The molecule has 0 radical (unpaired) electrons. The predicted molar refractivity (Wildman–Crippen MR) is 97.1 cm³/mol. The first-order chi connectivity index (χ1) is 11.2. The van der Waals surface area contributed by atoms with Crippen LogP contribution in [-0.4, -0.2) is 5.11 Å². The summed E-state index contributed by atoms with van der Waals surface area (Å²) in [6, 6.07) is 25.2. The lowest BCUT2D eigenvalue weighted by Crippen LogP contribution is -1.93. The van der Waals surface area contributed by atoms with E-state index in [-0.39, 0.29) is 0 Å². The highest BCUT2D eigenvalue weighted by Gasteiger charge is 2.06. The van der Waals surface area contributed by atoms with Gasteiger partial charge in [0.15, 0.2) is 0 Å². The second-order valence-corrected chi connectivity index (χ2v) is 6.13. The Morgan fingerprint density at radius 3 is 2.22 bits per heavy atom. The van der Waals surface area contributed by atoms with Crippen LogP contribution in [0.25, 0.3) is 21.5 Å². The van der Waals surface area contributed by atoms with Crippen molar-refractivity contribution in [2.45, 2.75) is 13.3 Å². The number of fused-ring (bicyclic) bond motifs is 2. The lowest BCUT2D eigenvalue weighted by Gasteiger charge is -2.11. The van der Waals surface area contributed by atoms with Crippen LogP contribution in [0.3, 0.4) is 0 Å². The first kappa shape index (κ1) is 13.8. The molecule has 1 nitrogen and oxygen atoms in total. The Hall–Kier alpha value is -2.80. The monoisotopic (exact) mass is 298 g/mol. The summed E-state index contributed by atoms with van der Waals surface area (Å²) in [6.07, 6.45) is 0.877. The molecule has 0 heterocycles. The molecule has 0 aliphatic carbocycles. The summed E-state index contributed by atoms with van der Waals surface area (Å²) in [7, 11) is 0. The number of aryl methyl sites for hydroxylation is 1. The highest BCUT2D eigenvalue weighted by molar-refractivity contribution is 5.99. The standard InChI is InChI=1S/C22H18O/c1-15-11-21(23)10-9-16(15)12-19-7-4-8-20-13-17-5-2-3-6-18(17)14-22(19)20/h2-11,13-14,23H,12H2,1H3. The van der Waals surface area contributed by atoms with Gasteiger partial charge in [-0.05, 0) is 75.8 Å². The number of phenolic OH excluding ortho intramolecular Hbond substituents is 1. The van der Waals surface area contributed by atoms with E-state index in [0.29, 0.717) is 5.75 Å². The van der Waals surface area contributed by atoms with Gasteiger partial charge in [0.1, 0.15) is 5.75 Å². The molecule has 0 amide bonds. The molecule has 0 saturated heterocycles. The molecule has 0 aliphatic rings. The van der Waals surface area contributed by atoms with Gasteiger partial charge >= 0.3 is 0 Å². The molecule has 0 fully saturated rings. The number of phenols is 1. The SMILES string of the molecule is Cc1cc(O)ccc1Cc1cccc2cc3ccccc3cc12. The van der Waals surface area contributed by atoms with Crippen molar-refractivity contribution in [2.75, 3.05) is 0 Å². The number of hydrogen-bond donors (Lipinski definition) is 1. The number of benzene rings is 4. The van der Waals surface area contributed by atoms with Crippen LogP contribution in [0.2, 0.25) is 0 Å². The van der Waals surface area contributed by atoms with Gasteiger partial charge in [0.2, 0.25) is 0 Å². The maximum Gasteiger partial charge on any atom is 0.115 e. The van der Waals surface area contributed by atoms with E-state index in [1.807, 2.05) is 12.1 Å². The van der Waals surface area contributed by atoms with E-state index >= 15 is 0 Å². The number of hydrogen-bond acceptors (Lipinski definition) is 1. The molecule has 0 aliphatic heterocycles. The lowest BCUT2D eigenvalue weighted by atomic mass is 9.94. The van der Waals surface area contributed by atoms with E-state index in [9.17, 15) is 5.11 Å². The molecular formula is C22H18O. The van der Waals surface area contributed by atoms with E-state index in [0.717, 1.165) is 12.0 Å². The van der Waals surface area contributed by atoms with Crippen LogP contribution in [0, 0.1) is 6.92 Å². The molecule has 0 unspecified atom stereocenters. The van der Waals surface area contributed by atoms with Crippen molar-refractivity contribution in [1.29, 1.82) is 0 Å². The summed E-state index contributed by atoms with van der Waals surface area (Å²) in [6.45, 7) is 2.05. The molecule has 4 rings (SSSR count). The molecular weight excluding hydrogens is 280 g/mol. The topological polar surface area (TPSA) is 20.2 Å². The first-order valence-corrected chi connectivity index (χ1v) is 7.89. The van der Waals surface area contributed by atoms with E-state index < -0.39 is 0 Å². The van der Waals surface area contributed by atoms with Crippen molar-refractivity contribution in [3.63, 3.8) is 0 Å².